The van der Waals surface area contributed by atoms with Gasteiger partial charge in [0.1, 0.15) is 11.5 Å². The van der Waals surface area contributed by atoms with E-state index >= 15 is 0 Å². The van der Waals surface area contributed by atoms with Crippen LogP contribution >= 0.6 is 0 Å². The summed E-state index contributed by atoms with van der Waals surface area (Å²) in [5, 5.41) is 0. The summed E-state index contributed by atoms with van der Waals surface area (Å²) in [6, 6.07) is 4.90. The molecule has 0 saturated carbocycles. The topological polar surface area (TPSA) is 72.2 Å². The standard InChI is InChI=1S/C13H11F3N2O2S/c1-7-11(17)3-2-4-12(7)21(19,20)18-13-9(15)5-8(14)6-10(13)16/h2-6,18H,17H2,1H3. The van der Waals surface area contributed by atoms with E-state index in [2.05, 4.69) is 0 Å². The molecule has 21 heavy (non-hydrogen) atoms. The predicted octanol–water partition coefficient (Wildman–Crippen LogP) is 2.80. The molecule has 0 amide bonds. The molecule has 0 atom stereocenters. The van der Waals surface area contributed by atoms with Gasteiger partial charge in [-0.05, 0) is 24.6 Å². The van der Waals surface area contributed by atoms with Crippen molar-refractivity contribution in [3.05, 3.63) is 53.3 Å². The van der Waals surface area contributed by atoms with Gasteiger partial charge in [0, 0.05) is 17.8 Å². The summed E-state index contributed by atoms with van der Waals surface area (Å²) in [6.07, 6.45) is 0. The maximum atomic E-state index is 13.5. The molecule has 3 N–H and O–H groups in total. The molecule has 0 aliphatic carbocycles. The van der Waals surface area contributed by atoms with Crippen LogP contribution in [0.25, 0.3) is 0 Å². The predicted molar refractivity (Wildman–Crippen MR) is 72.7 cm³/mol. The van der Waals surface area contributed by atoms with Crippen LogP contribution in [0.2, 0.25) is 0 Å². The largest absolute Gasteiger partial charge is 0.398 e. The molecule has 0 fully saturated rings. The normalized spacial score (nSPS) is 11.4. The SMILES string of the molecule is Cc1c(N)cccc1S(=O)(=O)Nc1c(F)cc(F)cc1F. The number of nitrogen functional groups attached to an aromatic ring is 1. The van der Waals surface area contributed by atoms with Crippen molar-refractivity contribution in [1.82, 2.24) is 0 Å². The summed E-state index contributed by atoms with van der Waals surface area (Å²) in [6.45, 7) is 1.46. The van der Waals surface area contributed by atoms with E-state index in [9.17, 15) is 21.6 Å². The van der Waals surface area contributed by atoms with E-state index in [0.717, 1.165) is 0 Å². The van der Waals surface area contributed by atoms with Gasteiger partial charge in [-0.15, -0.1) is 0 Å². The van der Waals surface area contributed by atoms with Crippen LogP contribution in [0.5, 0.6) is 0 Å². The summed E-state index contributed by atoms with van der Waals surface area (Å²) in [5.41, 5.74) is 5.12. The van der Waals surface area contributed by atoms with Gasteiger partial charge < -0.3 is 5.73 Å². The number of halogens is 3. The van der Waals surface area contributed by atoms with Crippen LogP contribution in [0.3, 0.4) is 0 Å². The number of anilines is 2. The van der Waals surface area contributed by atoms with E-state index in [1.807, 2.05) is 0 Å². The summed E-state index contributed by atoms with van der Waals surface area (Å²) in [4.78, 5) is -0.217. The van der Waals surface area contributed by atoms with Crippen molar-refractivity contribution in [1.29, 1.82) is 0 Å². The van der Waals surface area contributed by atoms with Crippen molar-refractivity contribution in [2.75, 3.05) is 10.5 Å². The molecule has 2 aromatic rings. The van der Waals surface area contributed by atoms with Crippen LogP contribution in [0.1, 0.15) is 5.56 Å². The highest BCUT2D eigenvalue weighted by Gasteiger charge is 2.22. The molecule has 0 spiro atoms. The molecule has 8 heteroatoms. The van der Waals surface area contributed by atoms with Gasteiger partial charge in [0.15, 0.2) is 11.6 Å². The lowest BCUT2D eigenvalue weighted by molar-refractivity contribution is 0.547. The molecule has 2 aromatic carbocycles. The van der Waals surface area contributed by atoms with Crippen molar-refractivity contribution in [3.63, 3.8) is 0 Å². The maximum absolute atomic E-state index is 13.5. The molecule has 0 bridgehead atoms. The van der Waals surface area contributed by atoms with Crippen LogP contribution < -0.4 is 10.5 Å². The first-order chi connectivity index (χ1) is 9.72. The molecule has 0 radical (unpaired) electrons. The zero-order chi connectivity index (χ0) is 15.8. The summed E-state index contributed by atoms with van der Waals surface area (Å²) >= 11 is 0. The molecule has 0 aliphatic heterocycles. The highest BCUT2D eigenvalue weighted by Crippen LogP contribution is 2.26. The maximum Gasteiger partial charge on any atom is 0.262 e. The van der Waals surface area contributed by atoms with Gasteiger partial charge in [-0.25, -0.2) is 21.6 Å². The average molecular weight is 316 g/mol. The molecule has 112 valence electrons. The molecule has 2 rings (SSSR count). The number of hydrogen-bond donors (Lipinski definition) is 2. The first kappa shape index (κ1) is 15.2. The van der Waals surface area contributed by atoms with Gasteiger partial charge in [0.05, 0.1) is 4.90 Å². The van der Waals surface area contributed by atoms with E-state index in [4.69, 9.17) is 5.73 Å². The van der Waals surface area contributed by atoms with Crippen molar-refractivity contribution >= 4 is 21.4 Å². The minimum Gasteiger partial charge on any atom is -0.398 e. The van der Waals surface area contributed by atoms with Gasteiger partial charge in [0.25, 0.3) is 10.0 Å². The second-order valence-corrected chi connectivity index (χ2v) is 5.97. The fourth-order valence-electron chi connectivity index (χ4n) is 1.75. The van der Waals surface area contributed by atoms with Crippen molar-refractivity contribution in [2.24, 2.45) is 0 Å². The quantitative estimate of drug-likeness (QED) is 0.855. The smallest absolute Gasteiger partial charge is 0.262 e. The Morgan fingerprint density at radius 2 is 1.67 bits per heavy atom. The molecule has 0 aliphatic rings. The lowest BCUT2D eigenvalue weighted by atomic mass is 10.2. The summed E-state index contributed by atoms with van der Waals surface area (Å²) in [7, 11) is -4.26. The molecule has 4 nitrogen and oxygen atoms in total. The fraction of sp³-hybridized carbons (Fsp3) is 0.0769. The first-order valence-electron chi connectivity index (χ1n) is 5.75. The van der Waals surface area contributed by atoms with Gasteiger partial charge in [-0.1, -0.05) is 6.07 Å². The zero-order valence-electron chi connectivity index (χ0n) is 10.8. The van der Waals surface area contributed by atoms with Crippen molar-refractivity contribution < 1.29 is 21.6 Å². The van der Waals surface area contributed by atoms with E-state index in [1.165, 1.54) is 25.1 Å². The summed E-state index contributed by atoms with van der Waals surface area (Å²) in [5.74, 6) is -3.84. The number of benzene rings is 2. The molecule has 0 heterocycles. The Hall–Kier alpha value is -2.22. The zero-order valence-corrected chi connectivity index (χ0v) is 11.6. The molecule has 0 unspecified atom stereocenters. The van der Waals surface area contributed by atoms with Crippen LogP contribution in [0.4, 0.5) is 24.5 Å². The van der Waals surface area contributed by atoms with Gasteiger partial charge in [-0.2, -0.15) is 0 Å². The third kappa shape index (κ3) is 2.94. The number of rotatable bonds is 3. The molecular weight excluding hydrogens is 305 g/mol. The Morgan fingerprint density at radius 3 is 2.24 bits per heavy atom. The second-order valence-electron chi connectivity index (χ2n) is 4.32. The van der Waals surface area contributed by atoms with E-state index in [-0.39, 0.29) is 16.1 Å². The monoisotopic (exact) mass is 316 g/mol. The summed E-state index contributed by atoms with van der Waals surface area (Å²) < 4.78 is 65.9. The Kier molecular flexibility index (Phi) is 3.82. The lowest BCUT2D eigenvalue weighted by Gasteiger charge is -2.12. The van der Waals surface area contributed by atoms with Crippen LogP contribution in [0, 0.1) is 24.4 Å². The Balaban J connectivity index is 2.50. The number of sulfonamides is 1. The van der Waals surface area contributed by atoms with Gasteiger partial charge in [-0.3, -0.25) is 4.72 Å². The van der Waals surface area contributed by atoms with Gasteiger partial charge in [0.2, 0.25) is 0 Å². The third-order valence-corrected chi connectivity index (χ3v) is 4.35. The highest BCUT2D eigenvalue weighted by molar-refractivity contribution is 7.92. The number of nitrogens with one attached hydrogen (secondary N) is 1. The van der Waals surface area contributed by atoms with Gasteiger partial charge >= 0.3 is 0 Å². The number of hydrogen-bond acceptors (Lipinski definition) is 3. The fourth-order valence-corrected chi connectivity index (χ4v) is 3.10. The Labute approximate surface area is 119 Å². The van der Waals surface area contributed by atoms with Crippen molar-refractivity contribution in [2.45, 2.75) is 11.8 Å². The van der Waals surface area contributed by atoms with E-state index < -0.39 is 33.2 Å². The average Bonchev–Trinajstić information content (AvgIpc) is 2.37. The third-order valence-electron chi connectivity index (χ3n) is 2.86. The molecule has 0 aromatic heterocycles. The Bertz CT molecular complexity index is 784. The minimum atomic E-state index is -4.26. The lowest BCUT2D eigenvalue weighted by Crippen LogP contribution is -2.17. The molecular formula is C13H11F3N2O2S. The van der Waals surface area contributed by atoms with Crippen LogP contribution in [0.15, 0.2) is 35.2 Å². The first-order valence-corrected chi connectivity index (χ1v) is 7.23. The van der Waals surface area contributed by atoms with E-state index in [1.54, 1.807) is 4.72 Å². The van der Waals surface area contributed by atoms with Crippen molar-refractivity contribution in [3.8, 4) is 0 Å². The van der Waals surface area contributed by atoms with Crippen LogP contribution in [-0.4, -0.2) is 8.42 Å². The van der Waals surface area contributed by atoms with Crippen LogP contribution in [-0.2, 0) is 10.0 Å². The highest BCUT2D eigenvalue weighted by atomic mass is 32.2. The minimum absolute atomic E-state index is 0.217. The Morgan fingerprint density at radius 1 is 1.10 bits per heavy atom. The number of nitrogens with two attached hydrogens (primary N) is 1. The molecule has 0 saturated heterocycles. The van der Waals surface area contributed by atoms with E-state index in [0.29, 0.717) is 12.1 Å². The second kappa shape index (κ2) is 5.28.